The third kappa shape index (κ3) is 4.87. The number of nitrogens with zero attached hydrogens (tertiary/aromatic N) is 1. The molecular weight excluding hydrogens is 415 g/mol. The van der Waals surface area contributed by atoms with E-state index in [1.807, 2.05) is 11.4 Å². The zero-order valence-electron chi connectivity index (χ0n) is 14.9. The van der Waals surface area contributed by atoms with Crippen LogP contribution in [0.3, 0.4) is 0 Å². The lowest BCUT2D eigenvalue weighted by Crippen LogP contribution is -2.11. The number of hydrogen-bond donors (Lipinski definition) is 1. The molecule has 0 aliphatic carbocycles. The van der Waals surface area contributed by atoms with Crippen molar-refractivity contribution in [3.8, 4) is 11.3 Å². The van der Waals surface area contributed by atoms with Gasteiger partial charge >= 0.3 is 0 Å². The van der Waals surface area contributed by atoms with Crippen LogP contribution >= 0.6 is 34.5 Å². The molecule has 4 nitrogen and oxygen atoms in total. The predicted octanol–water partition coefficient (Wildman–Crippen LogP) is 5.43. The summed E-state index contributed by atoms with van der Waals surface area (Å²) in [6.07, 6.45) is 1.89. The van der Waals surface area contributed by atoms with Gasteiger partial charge in [-0.05, 0) is 30.7 Å². The largest absolute Gasteiger partial charge is 0.366 e. The van der Waals surface area contributed by atoms with Crippen LogP contribution in [-0.2, 0) is 11.2 Å². The molecule has 0 bridgehead atoms. The normalized spacial score (nSPS) is 11.5. The van der Waals surface area contributed by atoms with E-state index in [1.165, 1.54) is 11.3 Å². The number of thiazole rings is 1. The lowest BCUT2D eigenvalue weighted by molar-refractivity contribution is -0.114. The van der Waals surface area contributed by atoms with Gasteiger partial charge in [-0.3, -0.25) is 9.59 Å². The molecule has 0 unspecified atom stereocenters. The molecule has 1 heterocycles. The fraction of sp³-hybridized carbons (Fsp3) is 0.0952. The van der Waals surface area contributed by atoms with E-state index in [9.17, 15) is 9.59 Å². The van der Waals surface area contributed by atoms with E-state index in [2.05, 4.69) is 4.98 Å². The zero-order valence-corrected chi connectivity index (χ0v) is 17.2. The molecule has 0 fully saturated rings. The topological polar surface area (TPSA) is 73.1 Å². The second-order valence-electron chi connectivity index (χ2n) is 6.17. The number of carbonyl (C=O) groups is 2. The molecule has 0 saturated carbocycles. The minimum absolute atomic E-state index is 0.0304. The average molecular weight is 431 g/mol. The first-order valence-electron chi connectivity index (χ1n) is 8.34. The number of Topliss-reactive ketones (excluding diaryl/α,β-unsaturated/α-hetero) is 1. The molecule has 28 heavy (non-hydrogen) atoms. The van der Waals surface area contributed by atoms with Crippen molar-refractivity contribution in [3.63, 3.8) is 0 Å². The summed E-state index contributed by atoms with van der Waals surface area (Å²) < 4.78 is 0. The van der Waals surface area contributed by atoms with Gasteiger partial charge in [-0.1, -0.05) is 53.5 Å². The molecule has 2 aromatic carbocycles. The minimum atomic E-state index is -0.471. The Balaban J connectivity index is 1.71. The van der Waals surface area contributed by atoms with Gasteiger partial charge in [0, 0.05) is 22.1 Å². The Labute approximate surface area is 176 Å². The molecular formula is C21H16Cl2N2O2S. The highest BCUT2D eigenvalue weighted by atomic mass is 35.5. The molecule has 0 saturated heterocycles. The van der Waals surface area contributed by atoms with E-state index in [0.717, 1.165) is 21.8 Å². The summed E-state index contributed by atoms with van der Waals surface area (Å²) in [6, 6.07) is 12.3. The van der Waals surface area contributed by atoms with Gasteiger partial charge in [0.05, 0.1) is 22.2 Å². The summed E-state index contributed by atoms with van der Waals surface area (Å²) in [5.41, 5.74) is 8.68. The Bertz CT molecular complexity index is 1070. The summed E-state index contributed by atoms with van der Waals surface area (Å²) in [7, 11) is 0. The number of carbonyl (C=O) groups excluding carboxylic acids is 2. The first-order chi connectivity index (χ1) is 13.3. The van der Waals surface area contributed by atoms with Gasteiger partial charge in [0.2, 0.25) is 5.91 Å². The predicted molar refractivity (Wildman–Crippen MR) is 115 cm³/mol. The second kappa shape index (κ2) is 8.69. The first-order valence-corrected chi connectivity index (χ1v) is 9.98. The van der Waals surface area contributed by atoms with Gasteiger partial charge in [-0.2, -0.15) is 0 Å². The SMILES string of the molecule is C/C(=C\c1ccc(C(=O)Cc2nc(-c3ccc(Cl)c(Cl)c3)cs2)cc1)C(N)=O. The number of primary amides is 1. The Kier molecular flexibility index (Phi) is 6.29. The van der Waals surface area contributed by atoms with E-state index < -0.39 is 5.91 Å². The van der Waals surface area contributed by atoms with Crippen molar-refractivity contribution >= 4 is 52.3 Å². The fourth-order valence-corrected chi connectivity index (χ4v) is 3.61. The van der Waals surface area contributed by atoms with Crippen LogP contribution in [0, 0.1) is 0 Å². The van der Waals surface area contributed by atoms with Crippen molar-refractivity contribution in [2.24, 2.45) is 5.73 Å². The molecule has 3 aromatic rings. The molecule has 7 heteroatoms. The van der Waals surface area contributed by atoms with Gasteiger partial charge in [-0.15, -0.1) is 11.3 Å². The van der Waals surface area contributed by atoms with Gasteiger partial charge in [0.25, 0.3) is 0 Å². The number of aromatic nitrogens is 1. The van der Waals surface area contributed by atoms with Crippen LogP contribution in [-0.4, -0.2) is 16.7 Å². The van der Waals surface area contributed by atoms with Gasteiger partial charge < -0.3 is 5.73 Å². The van der Waals surface area contributed by atoms with Gasteiger partial charge in [0.1, 0.15) is 5.01 Å². The number of halogens is 2. The van der Waals surface area contributed by atoms with Crippen molar-refractivity contribution in [1.29, 1.82) is 0 Å². The Hall–Kier alpha value is -2.47. The van der Waals surface area contributed by atoms with Crippen LogP contribution in [0.1, 0.15) is 27.9 Å². The average Bonchev–Trinajstić information content (AvgIpc) is 3.13. The maximum Gasteiger partial charge on any atom is 0.244 e. The smallest absolute Gasteiger partial charge is 0.244 e. The Morgan fingerprint density at radius 1 is 1.11 bits per heavy atom. The highest BCUT2D eigenvalue weighted by molar-refractivity contribution is 7.10. The summed E-state index contributed by atoms with van der Waals surface area (Å²) >= 11 is 13.4. The summed E-state index contributed by atoms with van der Waals surface area (Å²) in [5, 5.41) is 3.56. The number of amides is 1. The molecule has 1 aromatic heterocycles. The molecule has 2 N–H and O–H groups in total. The van der Waals surface area contributed by atoms with Crippen LogP contribution < -0.4 is 5.73 Å². The molecule has 1 amide bonds. The van der Waals surface area contributed by atoms with Crippen molar-refractivity contribution in [3.05, 3.63) is 79.6 Å². The zero-order chi connectivity index (χ0) is 20.3. The number of ketones is 1. The van der Waals surface area contributed by atoms with Crippen LogP contribution in [0.5, 0.6) is 0 Å². The van der Waals surface area contributed by atoms with Crippen LogP contribution in [0.15, 0.2) is 53.4 Å². The third-order valence-electron chi connectivity index (χ3n) is 4.08. The molecule has 3 rings (SSSR count). The first kappa shape index (κ1) is 20.3. The van der Waals surface area contributed by atoms with E-state index in [0.29, 0.717) is 21.2 Å². The lowest BCUT2D eigenvalue weighted by atomic mass is 10.0. The molecule has 0 radical (unpaired) electrons. The number of benzene rings is 2. The fourth-order valence-electron chi connectivity index (χ4n) is 2.51. The van der Waals surface area contributed by atoms with Crippen LogP contribution in [0.25, 0.3) is 17.3 Å². The summed E-state index contributed by atoms with van der Waals surface area (Å²) in [6.45, 7) is 1.65. The lowest BCUT2D eigenvalue weighted by Gasteiger charge is -2.01. The van der Waals surface area contributed by atoms with Crippen molar-refractivity contribution in [2.45, 2.75) is 13.3 Å². The van der Waals surface area contributed by atoms with Crippen LogP contribution in [0.4, 0.5) is 0 Å². The molecule has 0 spiro atoms. The molecule has 0 aliphatic heterocycles. The summed E-state index contributed by atoms with van der Waals surface area (Å²) in [4.78, 5) is 28.2. The van der Waals surface area contributed by atoms with Crippen molar-refractivity contribution < 1.29 is 9.59 Å². The monoisotopic (exact) mass is 430 g/mol. The molecule has 0 aliphatic rings. The summed E-state index contributed by atoms with van der Waals surface area (Å²) in [5.74, 6) is -0.501. The van der Waals surface area contributed by atoms with E-state index in [4.69, 9.17) is 28.9 Å². The van der Waals surface area contributed by atoms with Crippen molar-refractivity contribution in [1.82, 2.24) is 4.98 Å². The highest BCUT2D eigenvalue weighted by Crippen LogP contribution is 2.29. The Morgan fingerprint density at radius 2 is 1.82 bits per heavy atom. The number of rotatable bonds is 6. The maximum absolute atomic E-state index is 12.5. The van der Waals surface area contributed by atoms with Crippen molar-refractivity contribution in [2.75, 3.05) is 0 Å². The standard InChI is InChI=1S/C21H16Cl2N2O2S/c1-12(21(24)27)8-13-2-4-14(5-3-13)19(26)10-20-25-18(11-28-20)15-6-7-16(22)17(23)9-15/h2-9,11H,10H2,1H3,(H2,24,27)/b12-8+. The Morgan fingerprint density at radius 3 is 2.46 bits per heavy atom. The third-order valence-corrected chi connectivity index (χ3v) is 5.67. The molecule has 0 atom stereocenters. The molecule has 142 valence electrons. The van der Waals surface area contributed by atoms with Crippen LogP contribution in [0.2, 0.25) is 10.0 Å². The van der Waals surface area contributed by atoms with E-state index in [-0.39, 0.29) is 12.2 Å². The number of nitrogens with two attached hydrogens (primary N) is 1. The minimum Gasteiger partial charge on any atom is -0.366 e. The van der Waals surface area contributed by atoms with Gasteiger partial charge in [-0.25, -0.2) is 4.98 Å². The number of hydrogen-bond acceptors (Lipinski definition) is 4. The maximum atomic E-state index is 12.5. The quantitative estimate of drug-likeness (QED) is 0.418. The van der Waals surface area contributed by atoms with Gasteiger partial charge in [0.15, 0.2) is 5.78 Å². The highest BCUT2D eigenvalue weighted by Gasteiger charge is 2.12. The second-order valence-corrected chi connectivity index (χ2v) is 7.93. The van der Waals surface area contributed by atoms with E-state index >= 15 is 0 Å². The van der Waals surface area contributed by atoms with E-state index in [1.54, 1.807) is 49.4 Å².